The van der Waals surface area contributed by atoms with Crippen LogP contribution in [0.25, 0.3) is 0 Å². The van der Waals surface area contributed by atoms with Gasteiger partial charge in [-0.15, -0.1) is 0 Å². The highest BCUT2D eigenvalue weighted by Gasteiger charge is 2.45. The van der Waals surface area contributed by atoms with E-state index in [2.05, 4.69) is 41.5 Å². The standard InChI is InChI=1S/C29H30ClF3N8O6/c1-3-46-24(45)20(14-35-23(44)22(43)34-2)37-21(42)16-4-10-19(11-5-16)36-25-38-26(40-27(39-25)47-15-29(31,32)33)41-28(12-13-28)17-6-8-18(30)9-7-17/h4-11,20H,3,12-15H2,1-2H3,(H,34,43)(H,35,44)(H,37,42)(H2,36,38,39,40,41). The number of amides is 3. The van der Waals surface area contributed by atoms with Crippen LogP contribution >= 0.6 is 11.6 Å². The van der Waals surface area contributed by atoms with E-state index in [1.54, 1.807) is 19.1 Å². The van der Waals surface area contributed by atoms with E-state index in [1.165, 1.54) is 31.3 Å². The molecule has 0 saturated heterocycles. The minimum absolute atomic E-state index is 0.00828. The minimum atomic E-state index is -4.63. The number of rotatable bonds is 13. The molecule has 0 bridgehead atoms. The van der Waals surface area contributed by atoms with E-state index in [1.807, 2.05) is 12.1 Å². The van der Waals surface area contributed by atoms with Gasteiger partial charge in [0, 0.05) is 29.9 Å². The normalized spacial score (nSPS) is 13.8. The van der Waals surface area contributed by atoms with E-state index in [0.717, 1.165) is 5.56 Å². The summed E-state index contributed by atoms with van der Waals surface area (Å²) < 4.78 is 48.4. The molecule has 1 unspecified atom stereocenters. The molecule has 5 N–H and O–H groups in total. The molecule has 0 radical (unpaired) electrons. The smallest absolute Gasteiger partial charge is 0.422 e. The zero-order chi connectivity index (χ0) is 34.2. The maximum atomic E-state index is 12.9. The number of anilines is 3. The Morgan fingerprint density at radius 3 is 2.21 bits per heavy atom. The number of carbonyl (C=O) groups excluding carboxylic acids is 4. The second-order valence-electron chi connectivity index (χ2n) is 10.2. The fraction of sp³-hybridized carbons (Fsp3) is 0.345. The van der Waals surface area contributed by atoms with E-state index in [0.29, 0.717) is 23.6 Å². The van der Waals surface area contributed by atoms with Crippen LogP contribution in [0.15, 0.2) is 48.5 Å². The molecule has 1 atom stereocenters. The molecular weight excluding hydrogens is 649 g/mol. The van der Waals surface area contributed by atoms with Gasteiger partial charge in [0.1, 0.15) is 6.04 Å². The lowest BCUT2D eigenvalue weighted by molar-refractivity contribution is -0.154. The average Bonchev–Trinajstić information content (AvgIpc) is 3.81. The zero-order valence-corrected chi connectivity index (χ0v) is 25.8. The van der Waals surface area contributed by atoms with Crippen molar-refractivity contribution in [2.24, 2.45) is 0 Å². The Balaban J connectivity index is 1.48. The first-order valence-corrected chi connectivity index (χ1v) is 14.5. The van der Waals surface area contributed by atoms with E-state index in [9.17, 15) is 32.3 Å². The fourth-order valence-electron chi connectivity index (χ4n) is 4.17. The van der Waals surface area contributed by atoms with Gasteiger partial charge in [0.15, 0.2) is 6.61 Å². The summed E-state index contributed by atoms with van der Waals surface area (Å²) >= 11 is 6.01. The van der Waals surface area contributed by atoms with Crippen LogP contribution in [0.1, 0.15) is 35.7 Å². The molecule has 18 heteroatoms. The van der Waals surface area contributed by atoms with Gasteiger partial charge in [0.05, 0.1) is 12.1 Å². The van der Waals surface area contributed by atoms with Gasteiger partial charge in [-0.25, -0.2) is 4.79 Å². The molecule has 1 saturated carbocycles. The third-order valence-corrected chi connectivity index (χ3v) is 6.91. The fourth-order valence-corrected chi connectivity index (χ4v) is 4.30. The largest absolute Gasteiger partial charge is 0.464 e. The molecule has 4 rings (SSSR count). The number of benzene rings is 2. The number of alkyl halides is 3. The van der Waals surface area contributed by atoms with Crippen LogP contribution in [-0.2, 0) is 24.7 Å². The molecule has 1 aliphatic carbocycles. The van der Waals surface area contributed by atoms with Crippen LogP contribution < -0.4 is 31.3 Å². The molecule has 0 spiro atoms. The van der Waals surface area contributed by atoms with Crippen molar-refractivity contribution in [3.8, 4) is 6.01 Å². The average molecular weight is 679 g/mol. The minimum Gasteiger partial charge on any atom is -0.464 e. The van der Waals surface area contributed by atoms with Crippen molar-refractivity contribution in [1.82, 2.24) is 30.9 Å². The highest BCUT2D eigenvalue weighted by atomic mass is 35.5. The Bertz CT molecular complexity index is 1600. The topological polar surface area (TPSA) is 186 Å². The SMILES string of the molecule is CCOC(=O)C(CNC(=O)C(=O)NC)NC(=O)c1ccc(Nc2nc(NC3(c4ccc(Cl)cc4)CC3)nc(OCC(F)(F)F)n2)cc1. The third kappa shape index (κ3) is 9.90. The predicted octanol–water partition coefficient (Wildman–Crippen LogP) is 2.83. The lowest BCUT2D eigenvalue weighted by Crippen LogP contribution is -2.51. The molecule has 250 valence electrons. The van der Waals surface area contributed by atoms with Gasteiger partial charge in [0.2, 0.25) is 11.9 Å². The number of carbonyl (C=O) groups is 4. The van der Waals surface area contributed by atoms with E-state index in [-0.39, 0.29) is 24.1 Å². The monoisotopic (exact) mass is 678 g/mol. The number of halogens is 4. The molecule has 2 aromatic carbocycles. The number of nitrogens with zero attached hydrogens (tertiary/aromatic N) is 3. The second-order valence-corrected chi connectivity index (χ2v) is 10.6. The van der Waals surface area contributed by atoms with Gasteiger partial charge in [-0.05, 0) is 61.7 Å². The molecule has 1 aromatic heterocycles. The summed E-state index contributed by atoms with van der Waals surface area (Å²) in [7, 11) is 1.26. The molecule has 1 heterocycles. The van der Waals surface area contributed by atoms with Gasteiger partial charge in [-0.2, -0.15) is 28.1 Å². The Morgan fingerprint density at radius 1 is 0.957 bits per heavy atom. The van der Waals surface area contributed by atoms with Crippen LogP contribution in [0.2, 0.25) is 5.02 Å². The quantitative estimate of drug-likeness (QED) is 0.132. The van der Waals surface area contributed by atoms with Crippen molar-refractivity contribution < 1.29 is 41.8 Å². The van der Waals surface area contributed by atoms with E-state index in [4.69, 9.17) is 21.1 Å². The summed E-state index contributed by atoms with van der Waals surface area (Å²) in [5.41, 5.74) is 0.793. The van der Waals surface area contributed by atoms with Crippen LogP contribution in [0.4, 0.5) is 30.8 Å². The van der Waals surface area contributed by atoms with Gasteiger partial charge < -0.3 is 36.1 Å². The number of ether oxygens (including phenoxy) is 2. The Kier molecular flexibility index (Phi) is 11.0. The molecule has 0 aliphatic heterocycles. The first-order chi connectivity index (χ1) is 22.3. The van der Waals surface area contributed by atoms with Gasteiger partial charge in [-0.1, -0.05) is 23.7 Å². The molecule has 3 aromatic rings. The summed E-state index contributed by atoms with van der Waals surface area (Å²) in [4.78, 5) is 60.8. The van der Waals surface area contributed by atoms with Gasteiger partial charge >= 0.3 is 30.0 Å². The highest BCUT2D eigenvalue weighted by molar-refractivity contribution is 6.35. The van der Waals surface area contributed by atoms with Gasteiger partial charge in [0.25, 0.3) is 5.91 Å². The second kappa shape index (κ2) is 14.9. The molecule has 47 heavy (non-hydrogen) atoms. The number of hydrogen-bond donors (Lipinski definition) is 5. The van der Waals surface area contributed by atoms with E-state index >= 15 is 0 Å². The Morgan fingerprint density at radius 2 is 1.62 bits per heavy atom. The predicted molar refractivity (Wildman–Crippen MR) is 162 cm³/mol. The number of aromatic nitrogens is 3. The van der Waals surface area contributed by atoms with Crippen molar-refractivity contribution in [2.75, 3.05) is 37.4 Å². The van der Waals surface area contributed by atoms with Gasteiger partial charge in [-0.3, -0.25) is 14.4 Å². The molecule has 14 nitrogen and oxygen atoms in total. The van der Waals surface area contributed by atoms with Crippen LogP contribution in [-0.4, -0.2) is 77.7 Å². The lowest BCUT2D eigenvalue weighted by atomic mass is 10.1. The van der Waals surface area contributed by atoms with Crippen molar-refractivity contribution >= 4 is 52.9 Å². The van der Waals surface area contributed by atoms with Crippen molar-refractivity contribution in [1.29, 1.82) is 0 Å². The maximum Gasteiger partial charge on any atom is 0.422 e. The molecule has 1 aliphatic rings. The van der Waals surface area contributed by atoms with Crippen LogP contribution in [0, 0.1) is 0 Å². The summed E-state index contributed by atoms with van der Waals surface area (Å²) in [6.07, 6.45) is -3.21. The zero-order valence-electron chi connectivity index (χ0n) is 25.0. The number of hydrogen-bond acceptors (Lipinski definition) is 11. The van der Waals surface area contributed by atoms with Crippen molar-refractivity contribution in [3.63, 3.8) is 0 Å². The summed E-state index contributed by atoms with van der Waals surface area (Å²) in [5, 5.41) is 13.4. The summed E-state index contributed by atoms with van der Waals surface area (Å²) in [6, 6.07) is 11.0. The first kappa shape index (κ1) is 34.7. The van der Waals surface area contributed by atoms with Crippen LogP contribution in [0.5, 0.6) is 6.01 Å². The Hall–Kier alpha value is -5.19. The summed E-state index contributed by atoms with van der Waals surface area (Å²) in [5.74, 6) is -3.64. The van der Waals surface area contributed by atoms with Crippen LogP contribution in [0.3, 0.4) is 0 Å². The number of nitrogens with one attached hydrogen (secondary N) is 5. The lowest BCUT2D eigenvalue weighted by Gasteiger charge is -2.19. The summed E-state index contributed by atoms with van der Waals surface area (Å²) in [6.45, 7) is -0.463. The van der Waals surface area contributed by atoms with Crippen molar-refractivity contribution in [3.05, 3.63) is 64.7 Å². The van der Waals surface area contributed by atoms with E-state index < -0.39 is 60.6 Å². The number of likely N-dealkylation sites (N-methyl/N-ethyl adjacent to an activating group) is 1. The molecule has 1 fully saturated rings. The first-order valence-electron chi connectivity index (χ1n) is 14.1. The third-order valence-electron chi connectivity index (χ3n) is 6.66. The van der Waals surface area contributed by atoms with Crippen molar-refractivity contribution in [2.45, 2.75) is 37.5 Å². The maximum absolute atomic E-state index is 12.9. The molecule has 3 amide bonds. The Labute approximate surface area is 271 Å². The molecular formula is C29H30ClF3N8O6. The number of esters is 1. The highest BCUT2D eigenvalue weighted by Crippen LogP contribution is 2.48.